The molecule has 4 nitrogen and oxygen atoms in total. The van der Waals surface area contributed by atoms with Gasteiger partial charge in [0.2, 0.25) is 0 Å². The average molecular weight is 229 g/mol. The van der Waals surface area contributed by atoms with Crippen LogP contribution in [-0.4, -0.2) is 37.4 Å². The summed E-state index contributed by atoms with van der Waals surface area (Å²) in [5.41, 5.74) is 0. The van der Waals surface area contributed by atoms with Crippen molar-refractivity contribution in [3.05, 3.63) is 0 Å². The zero-order valence-corrected chi connectivity index (χ0v) is 10.2. The largest absolute Gasteiger partial charge is 0.481 e. The van der Waals surface area contributed by atoms with Gasteiger partial charge in [0, 0.05) is 13.2 Å². The van der Waals surface area contributed by atoms with Crippen LogP contribution in [0, 0.1) is 11.8 Å². The third-order valence-corrected chi connectivity index (χ3v) is 3.37. The second-order valence-electron chi connectivity index (χ2n) is 4.82. The Labute approximate surface area is 97.4 Å². The third-order valence-electron chi connectivity index (χ3n) is 3.37. The molecule has 0 bridgehead atoms. The fourth-order valence-corrected chi connectivity index (χ4v) is 2.29. The topological polar surface area (TPSA) is 58.6 Å². The molecule has 1 saturated carbocycles. The van der Waals surface area contributed by atoms with E-state index in [1.165, 1.54) is 0 Å². The highest BCUT2D eigenvalue weighted by molar-refractivity contribution is 5.69. The summed E-state index contributed by atoms with van der Waals surface area (Å²) >= 11 is 0. The Bertz CT molecular complexity index is 212. The number of nitrogens with one attached hydrogen (secondary N) is 1. The van der Waals surface area contributed by atoms with Gasteiger partial charge in [0.25, 0.3) is 0 Å². The number of carbonyl (C=O) groups is 1. The minimum Gasteiger partial charge on any atom is -0.481 e. The second kappa shape index (κ2) is 6.86. The number of aliphatic carboxylic acids is 1. The fraction of sp³-hybridized carbons (Fsp3) is 0.917. The van der Waals surface area contributed by atoms with E-state index in [-0.39, 0.29) is 5.92 Å². The van der Waals surface area contributed by atoms with Gasteiger partial charge in [-0.3, -0.25) is 4.79 Å². The normalized spacial score (nSPS) is 27.6. The van der Waals surface area contributed by atoms with Gasteiger partial charge in [0.15, 0.2) is 0 Å². The molecule has 0 spiro atoms. The number of methoxy groups -OCH3 is 1. The van der Waals surface area contributed by atoms with Crippen molar-refractivity contribution in [1.82, 2.24) is 5.32 Å². The molecule has 2 N–H and O–H groups in total. The van der Waals surface area contributed by atoms with Crippen molar-refractivity contribution in [1.29, 1.82) is 0 Å². The molecule has 1 rings (SSSR count). The van der Waals surface area contributed by atoms with E-state index in [1.54, 1.807) is 7.11 Å². The summed E-state index contributed by atoms with van der Waals surface area (Å²) in [6.45, 7) is 3.81. The molecule has 0 aromatic rings. The molecule has 1 aliphatic rings. The minimum atomic E-state index is -0.626. The average Bonchev–Trinajstić information content (AvgIpc) is 2.27. The van der Waals surface area contributed by atoms with E-state index >= 15 is 0 Å². The molecule has 0 amide bonds. The predicted octanol–water partition coefficient (Wildman–Crippen LogP) is 1.50. The highest BCUT2D eigenvalue weighted by Gasteiger charge is 2.25. The Kier molecular flexibility index (Phi) is 5.77. The van der Waals surface area contributed by atoms with Crippen LogP contribution in [0.1, 0.15) is 32.6 Å². The van der Waals surface area contributed by atoms with Gasteiger partial charge in [0.1, 0.15) is 0 Å². The summed E-state index contributed by atoms with van der Waals surface area (Å²) in [4.78, 5) is 10.8. The number of carboxylic acids is 1. The minimum absolute atomic E-state index is 0.104. The molecule has 0 radical (unpaired) electrons. The van der Waals surface area contributed by atoms with Gasteiger partial charge in [-0.15, -0.1) is 0 Å². The van der Waals surface area contributed by atoms with Crippen molar-refractivity contribution in [2.75, 3.05) is 20.3 Å². The number of hydrogen-bond acceptors (Lipinski definition) is 3. The van der Waals surface area contributed by atoms with Crippen LogP contribution in [0.4, 0.5) is 0 Å². The fourth-order valence-electron chi connectivity index (χ4n) is 2.29. The molecule has 94 valence electrons. The summed E-state index contributed by atoms with van der Waals surface area (Å²) in [5, 5.41) is 12.3. The van der Waals surface area contributed by atoms with Crippen molar-refractivity contribution in [2.24, 2.45) is 11.8 Å². The van der Waals surface area contributed by atoms with Gasteiger partial charge in [-0.2, -0.15) is 0 Å². The summed E-state index contributed by atoms with van der Waals surface area (Å²) in [6.07, 6.45) is 3.73. The van der Waals surface area contributed by atoms with Crippen molar-refractivity contribution in [2.45, 2.75) is 38.6 Å². The van der Waals surface area contributed by atoms with E-state index in [4.69, 9.17) is 9.84 Å². The molecule has 1 aliphatic carbocycles. The Morgan fingerprint density at radius 3 is 2.56 bits per heavy atom. The van der Waals surface area contributed by atoms with Gasteiger partial charge in [0.05, 0.1) is 12.5 Å². The first kappa shape index (κ1) is 13.5. The number of carboxylic acid groups (broad SMARTS) is 1. The maximum atomic E-state index is 10.8. The van der Waals surface area contributed by atoms with Crippen molar-refractivity contribution < 1.29 is 14.6 Å². The molecule has 0 aromatic carbocycles. The molecule has 0 saturated heterocycles. The predicted molar refractivity (Wildman–Crippen MR) is 62.4 cm³/mol. The molecular formula is C12H23NO3. The first-order chi connectivity index (χ1) is 7.63. The highest BCUT2D eigenvalue weighted by Crippen LogP contribution is 2.28. The standard InChI is InChI=1S/C12H23NO3/c1-9(8-16-2)13-7-10-3-5-11(6-4-10)12(14)15/h9-11,13H,3-8H2,1-2H3,(H,14,15). The van der Waals surface area contributed by atoms with Crippen LogP contribution < -0.4 is 5.32 Å². The van der Waals surface area contributed by atoms with Gasteiger partial charge in [-0.1, -0.05) is 0 Å². The Morgan fingerprint density at radius 1 is 1.44 bits per heavy atom. The summed E-state index contributed by atoms with van der Waals surface area (Å²) in [7, 11) is 1.70. The van der Waals surface area contributed by atoms with E-state index < -0.39 is 5.97 Å². The van der Waals surface area contributed by atoms with Gasteiger partial charge >= 0.3 is 5.97 Å². The zero-order valence-electron chi connectivity index (χ0n) is 10.2. The maximum Gasteiger partial charge on any atom is 0.306 e. The first-order valence-electron chi connectivity index (χ1n) is 6.08. The molecule has 1 unspecified atom stereocenters. The third kappa shape index (κ3) is 4.49. The van der Waals surface area contributed by atoms with Crippen LogP contribution in [-0.2, 0) is 9.53 Å². The maximum absolute atomic E-state index is 10.8. The summed E-state index contributed by atoms with van der Waals surface area (Å²) in [5.74, 6) is -0.0956. The summed E-state index contributed by atoms with van der Waals surface area (Å²) in [6, 6.07) is 0.377. The van der Waals surface area contributed by atoms with E-state index in [0.717, 1.165) is 38.8 Å². The summed E-state index contributed by atoms with van der Waals surface area (Å²) < 4.78 is 5.05. The molecule has 0 heterocycles. The lowest BCUT2D eigenvalue weighted by Gasteiger charge is -2.27. The zero-order chi connectivity index (χ0) is 12.0. The van der Waals surface area contributed by atoms with Crippen LogP contribution in [0.5, 0.6) is 0 Å². The molecule has 0 aliphatic heterocycles. The van der Waals surface area contributed by atoms with Crippen LogP contribution in [0.25, 0.3) is 0 Å². The number of hydrogen-bond donors (Lipinski definition) is 2. The van der Waals surface area contributed by atoms with Crippen molar-refractivity contribution >= 4 is 5.97 Å². The molecule has 1 fully saturated rings. The highest BCUT2D eigenvalue weighted by atomic mass is 16.5. The molecule has 4 heteroatoms. The monoisotopic (exact) mass is 229 g/mol. The first-order valence-corrected chi connectivity index (χ1v) is 6.08. The van der Waals surface area contributed by atoms with E-state index in [1.807, 2.05) is 0 Å². The smallest absolute Gasteiger partial charge is 0.306 e. The van der Waals surface area contributed by atoms with E-state index in [9.17, 15) is 4.79 Å². The van der Waals surface area contributed by atoms with E-state index in [2.05, 4.69) is 12.2 Å². The molecule has 16 heavy (non-hydrogen) atoms. The Balaban J connectivity index is 2.14. The lowest BCUT2D eigenvalue weighted by Crippen LogP contribution is -2.36. The Morgan fingerprint density at radius 2 is 2.06 bits per heavy atom. The van der Waals surface area contributed by atoms with E-state index in [0.29, 0.717) is 12.0 Å². The Hall–Kier alpha value is -0.610. The van der Waals surface area contributed by atoms with Gasteiger partial charge in [-0.05, 0) is 45.1 Å². The van der Waals surface area contributed by atoms with Crippen molar-refractivity contribution in [3.63, 3.8) is 0 Å². The van der Waals surface area contributed by atoms with Gasteiger partial charge < -0.3 is 15.2 Å². The SMILES string of the molecule is COCC(C)NCC1CCC(C(=O)O)CC1. The molecule has 0 aromatic heterocycles. The van der Waals surface area contributed by atoms with Gasteiger partial charge in [-0.25, -0.2) is 0 Å². The molecular weight excluding hydrogens is 206 g/mol. The van der Waals surface area contributed by atoms with Crippen LogP contribution >= 0.6 is 0 Å². The molecule has 1 atom stereocenters. The lowest BCUT2D eigenvalue weighted by molar-refractivity contribution is -0.143. The van der Waals surface area contributed by atoms with Crippen LogP contribution in [0.3, 0.4) is 0 Å². The number of ether oxygens (including phenoxy) is 1. The quantitative estimate of drug-likeness (QED) is 0.724. The number of rotatable bonds is 6. The van der Waals surface area contributed by atoms with Crippen LogP contribution in [0.2, 0.25) is 0 Å². The second-order valence-corrected chi connectivity index (χ2v) is 4.82. The lowest BCUT2D eigenvalue weighted by atomic mass is 9.82. The van der Waals surface area contributed by atoms with Crippen LogP contribution in [0.15, 0.2) is 0 Å². The van der Waals surface area contributed by atoms with Crippen molar-refractivity contribution in [3.8, 4) is 0 Å².